The van der Waals surface area contributed by atoms with E-state index in [9.17, 15) is 9.59 Å². The first-order chi connectivity index (χ1) is 15.4. The molecule has 1 fully saturated rings. The number of rotatable bonds is 10. The molecule has 0 unspecified atom stereocenters. The summed E-state index contributed by atoms with van der Waals surface area (Å²) < 4.78 is 0. The first kappa shape index (κ1) is 29.2. The molecule has 0 aliphatic carbocycles. The van der Waals surface area contributed by atoms with Crippen molar-refractivity contribution in [3.05, 3.63) is 35.9 Å². The van der Waals surface area contributed by atoms with Crippen LogP contribution in [-0.4, -0.2) is 79.3 Å². The number of unbranched alkanes of at least 4 members (excludes halogenated alkanes) is 2. The zero-order valence-corrected chi connectivity index (χ0v) is 23.1. The van der Waals surface area contributed by atoms with Crippen molar-refractivity contribution in [2.45, 2.75) is 52.5 Å². The van der Waals surface area contributed by atoms with Crippen LogP contribution in [0.2, 0.25) is 0 Å². The SMILES string of the molecule is CN=C(NCCCCCC(=O)N1CCN(C(=O)CC(C)C)CC1)N(C)Cc1ccccc1.I. The number of amides is 2. The highest BCUT2D eigenvalue weighted by Gasteiger charge is 2.23. The number of nitrogens with one attached hydrogen (secondary N) is 1. The van der Waals surface area contributed by atoms with Crippen molar-refractivity contribution in [1.29, 1.82) is 0 Å². The van der Waals surface area contributed by atoms with Gasteiger partial charge in [0.05, 0.1) is 0 Å². The average Bonchev–Trinajstić information content (AvgIpc) is 2.78. The summed E-state index contributed by atoms with van der Waals surface area (Å²) in [5.41, 5.74) is 1.25. The fourth-order valence-corrected chi connectivity index (χ4v) is 3.94. The van der Waals surface area contributed by atoms with Crippen LogP contribution >= 0.6 is 24.0 Å². The van der Waals surface area contributed by atoms with Gasteiger partial charge in [-0.25, -0.2) is 0 Å². The number of hydrogen-bond acceptors (Lipinski definition) is 3. The smallest absolute Gasteiger partial charge is 0.222 e. The van der Waals surface area contributed by atoms with E-state index >= 15 is 0 Å². The summed E-state index contributed by atoms with van der Waals surface area (Å²) in [4.78, 5) is 34.9. The highest BCUT2D eigenvalue weighted by atomic mass is 127. The molecule has 1 aromatic carbocycles. The fraction of sp³-hybridized carbons (Fsp3) is 0.640. The molecule has 8 heteroatoms. The Hall–Kier alpha value is -1.84. The number of halogens is 1. The molecular formula is C25H42IN5O2. The topological polar surface area (TPSA) is 68.2 Å². The molecule has 1 N–H and O–H groups in total. The molecule has 7 nitrogen and oxygen atoms in total. The van der Waals surface area contributed by atoms with Crippen LogP contribution in [0.15, 0.2) is 35.3 Å². The summed E-state index contributed by atoms with van der Waals surface area (Å²) in [6.07, 6.45) is 4.08. The van der Waals surface area contributed by atoms with E-state index in [4.69, 9.17) is 0 Å². The van der Waals surface area contributed by atoms with Crippen LogP contribution in [0, 0.1) is 5.92 Å². The van der Waals surface area contributed by atoms with E-state index in [2.05, 4.69) is 41.2 Å². The van der Waals surface area contributed by atoms with Crippen molar-refractivity contribution in [3.8, 4) is 0 Å². The average molecular weight is 572 g/mol. The summed E-state index contributed by atoms with van der Waals surface area (Å²) >= 11 is 0. The Balaban J connectivity index is 0.00000544. The number of benzene rings is 1. The molecule has 0 radical (unpaired) electrons. The Morgan fingerprint density at radius 3 is 2.18 bits per heavy atom. The lowest BCUT2D eigenvalue weighted by atomic mass is 10.1. The summed E-state index contributed by atoms with van der Waals surface area (Å²) in [6, 6.07) is 10.4. The van der Waals surface area contributed by atoms with Crippen molar-refractivity contribution in [1.82, 2.24) is 20.0 Å². The normalized spacial score (nSPS) is 14.2. The predicted molar refractivity (Wildman–Crippen MR) is 146 cm³/mol. The van der Waals surface area contributed by atoms with Gasteiger partial charge in [-0.15, -0.1) is 24.0 Å². The highest BCUT2D eigenvalue weighted by Crippen LogP contribution is 2.11. The number of nitrogens with zero attached hydrogens (tertiary/aromatic N) is 4. The van der Waals surface area contributed by atoms with Gasteiger partial charge in [-0.2, -0.15) is 0 Å². The minimum Gasteiger partial charge on any atom is -0.356 e. The summed E-state index contributed by atoms with van der Waals surface area (Å²) in [5, 5.41) is 3.41. The molecule has 1 heterocycles. The largest absolute Gasteiger partial charge is 0.356 e. The second kappa shape index (κ2) is 15.9. The maximum atomic E-state index is 12.5. The van der Waals surface area contributed by atoms with Gasteiger partial charge in [-0.1, -0.05) is 50.6 Å². The van der Waals surface area contributed by atoms with E-state index in [0.717, 1.165) is 38.3 Å². The standard InChI is InChI=1S/C25H41N5O2.HI/c1-21(2)19-24(32)30-17-15-29(16-18-30)23(31)13-9-6-10-14-27-25(26-3)28(4)20-22-11-7-5-8-12-22;/h5,7-8,11-12,21H,6,9-10,13-20H2,1-4H3,(H,26,27);1H. The number of piperazine rings is 1. The highest BCUT2D eigenvalue weighted by molar-refractivity contribution is 14.0. The monoisotopic (exact) mass is 571 g/mol. The lowest BCUT2D eigenvalue weighted by Gasteiger charge is -2.35. The molecule has 1 aromatic rings. The van der Waals surface area contributed by atoms with Gasteiger partial charge < -0.3 is 20.0 Å². The molecule has 0 atom stereocenters. The number of guanidine groups is 1. The third-order valence-electron chi connectivity index (χ3n) is 5.75. The summed E-state index contributed by atoms with van der Waals surface area (Å²) in [5.74, 6) is 1.69. The minimum atomic E-state index is 0. The zero-order valence-electron chi connectivity index (χ0n) is 20.8. The predicted octanol–water partition coefficient (Wildman–Crippen LogP) is 3.59. The van der Waals surface area contributed by atoms with Gasteiger partial charge in [-0.05, 0) is 24.3 Å². The molecule has 0 saturated carbocycles. The number of carbonyl (C=O) groups is 2. The molecule has 0 bridgehead atoms. The van der Waals surface area contributed by atoms with E-state index < -0.39 is 0 Å². The fourth-order valence-electron chi connectivity index (χ4n) is 3.94. The van der Waals surface area contributed by atoms with Crippen LogP contribution in [0.4, 0.5) is 0 Å². The van der Waals surface area contributed by atoms with Crippen molar-refractivity contribution < 1.29 is 9.59 Å². The Morgan fingerprint density at radius 2 is 1.61 bits per heavy atom. The molecule has 1 aliphatic rings. The zero-order chi connectivity index (χ0) is 23.3. The molecule has 2 amide bonds. The molecule has 0 aromatic heterocycles. The lowest BCUT2D eigenvalue weighted by molar-refractivity contribution is -0.140. The number of aliphatic imine (C=N–C) groups is 1. The van der Waals surface area contributed by atoms with Crippen molar-refractivity contribution in [2.75, 3.05) is 46.8 Å². The molecular weight excluding hydrogens is 529 g/mol. The molecule has 33 heavy (non-hydrogen) atoms. The molecule has 0 spiro atoms. The third-order valence-corrected chi connectivity index (χ3v) is 5.75. The molecule has 1 saturated heterocycles. The maximum Gasteiger partial charge on any atom is 0.222 e. The lowest BCUT2D eigenvalue weighted by Crippen LogP contribution is -2.50. The van der Waals surface area contributed by atoms with E-state index in [1.807, 2.05) is 35.0 Å². The Bertz CT molecular complexity index is 734. The summed E-state index contributed by atoms with van der Waals surface area (Å²) in [7, 11) is 3.84. The van der Waals surface area contributed by atoms with Gasteiger partial charge in [0.15, 0.2) is 5.96 Å². The second-order valence-electron chi connectivity index (χ2n) is 8.99. The van der Waals surface area contributed by atoms with Crippen LogP contribution in [0.5, 0.6) is 0 Å². The Kier molecular flexibility index (Phi) is 14.1. The quantitative estimate of drug-likeness (QED) is 0.202. The van der Waals surface area contributed by atoms with Crippen molar-refractivity contribution >= 4 is 41.8 Å². The van der Waals surface area contributed by atoms with E-state index in [0.29, 0.717) is 44.9 Å². The van der Waals surface area contributed by atoms with Crippen LogP contribution in [-0.2, 0) is 16.1 Å². The van der Waals surface area contributed by atoms with Gasteiger partial charge in [0, 0.05) is 66.2 Å². The van der Waals surface area contributed by atoms with Gasteiger partial charge in [0.1, 0.15) is 0 Å². The number of hydrogen-bond donors (Lipinski definition) is 1. The van der Waals surface area contributed by atoms with Gasteiger partial charge in [0.2, 0.25) is 11.8 Å². The van der Waals surface area contributed by atoms with Gasteiger partial charge >= 0.3 is 0 Å². The molecule has 1 aliphatic heterocycles. The van der Waals surface area contributed by atoms with Crippen molar-refractivity contribution in [3.63, 3.8) is 0 Å². The first-order valence-corrected chi connectivity index (χ1v) is 11.9. The molecule has 186 valence electrons. The molecule has 2 rings (SSSR count). The minimum absolute atomic E-state index is 0. The number of carbonyl (C=O) groups excluding carboxylic acids is 2. The van der Waals surface area contributed by atoms with Crippen LogP contribution < -0.4 is 5.32 Å². The maximum absolute atomic E-state index is 12.5. The Labute approximate surface area is 217 Å². The summed E-state index contributed by atoms with van der Waals surface area (Å²) in [6.45, 7) is 8.43. The van der Waals surface area contributed by atoms with Gasteiger partial charge in [0.25, 0.3) is 0 Å². The van der Waals surface area contributed by atoms with E-state index in [1.54, 1.807) is 7.05 Å². The van der Waals surface area contributed by atoms with Crippen molar-refractivity contribution in [2.24, 2.45) is 10.9 Å². The first-order valence-electron chi connectivity index (χ1n) is 11.9. The Morgan fingerprint density at radius 1 is 1.00 bits per heavy atom. The second-order valence-corrected chi connectivity index (χ2v) is 8.99. The van der Waals surface area contributed by atoms with Crippen LogP contribution in [0.1, 0.15) is 51.5 Å². The van der Waals surface area contributed by atoms with E-state index in [1.165, 1.54) is 5.56 Å². The van der Waals surface area contributed by atoms with Gasteiger partial charge in [-0.3, -0.25) is 14.6 Å². The van der Waals surface area contributed by atoms with E-state index in [-0.39, 0.29) is 35.8 Å². The third kappa shape index (κ3) is 10.8. The van der Waals surface area contributed by atoms with Crippen LogP contribution in [0.3, 0.4) is 0 Å². The van der Waals surface area contributed by atoms with Crippen LogP contribution in [0.25, 0.3) is 0 Å².